The molecule has 33 heteroatoms. The number of amides is 3. The zero-order chi connectivity index (χ0) is 55.5. The van der Waals surface area contributed by atoms with E-state index in [1.54, 1.807) is 0 Å². The summed E-state index contributed by atoms with van der Waals surface area (Å²) in [5.41, 5.74) is 0. The van der Waals surface area contributed by atoms with E-state index in [9.17, 15) is 96.1 Å². The molecule has 30 atom stereocenters. The first-order chi connectivity index (χ1) is 35.4. The third-order valence-corrected chi connectivity index (χ3v) is 13.6. The smallest absolute Gasteiger partial charge is 0.217 e. The predicted octanol–water partition coefficient (Wildman–Crippen LogP) is -12.6. The molecular weight excluding hydrogens is 1030 g/mol. The molecule has 0 radical (unpaired) electrons. The van der Waals surface area contributed by atoms with Crippen molar-refractivity contribution in [2.75, 3.05) is 33.0 Å². The summed E-state index contributed by atoms with van der Waals surface area (Å²) in [7, 11) is 0. The maximum Gasteiger partial charge on any atom is 0.217 e. The number of ether oxygens (including phenoxy) is 11. The highest BCUT2D eigenvalue weighted by Crippen LogP contribution is 2.37. The number of aliphatic hydroxyl groups is 16. The molecule has 6 aliphatic heterocycles. The fourth-order valence-electron chi connectivity index (χ4n) is 9.56. The van der Waals surface area contributed by atoms with Crippen molar-refractivity contribution in [3.05, 3.63) is 0 Å². The number of aliphatic hydroxyl groups excluding tert-OH is 16. The Bertz CT molecular complexity index is 1850. The van der Waals surface area contributed by atoms with Crippen LogP contribution in [0.1, 0.15) is 27.7 Å². The van der Waals surface area contributed by atoms with E-state index in [-0.39, 0.29) is 0 Å². The zero-order valence-corrected chi connectivity index (χ0v) is 40.7. The van der Waals surface area contributed by atoms with Crippen LogP contribution in [0.15, 0.2) is 0 Å². The van der Waals surface area contributed by atoms with Gasteiger partial charge in [0, 0.05) is 20.8 Å². The van der Waals surface area contributed by atoms with E-state index in [1.165, 1.54) is 6.92 Å². The third-order valence-electron chi connectivity index (χ3n) is 13.6. The first-order valence-electron chi connectivity index (χ1n) is 23.9. The van der Waals surface area contributed by atoms with Crippen molar-refractivity contribution >= 4 is 17.7 Å². The van der Waals surface area contributed by atoms with Crippen molar-refractivity contribution in [3.63, 3.8) is 0 Å². The fraction of sp³-hybridized carbons (Fsp3) is 0.929. The second-order valence-corrected chi connectivity index (χ2v) is 19.0. The fourth-order valence-corrected chi connectivity index (χ4v) is 9.56. The first kappa shape index (κ1) is 61.5. The second-order valence-electron chi connectivity index (χ2n) is 19.0. The number of nitrogens with one attached hydrogen (secondary N) is 3. The van der Waals surface area contributed by atoms with Gasteiger partial charge >= 0.3 is 0 Å². The lowest BCUT2D eigenvalue weighted by atomic mass is 9.93. The molecule has 6 saturated heterocycles. The number of carbonyl (C=O) groups excluding carboxylic acids is 3. The minimum absolute atomic E-state index is 0.757. The molecule has 0 aromatic rings. The van der Waals surface area contributed by atoms with Gasteiger partial charge in [-0.25, -0.2) is 0 Å². The van der Waals surface area contributed by atoms with Gasteiger partial charge in [-0.05, 0) is 6.92 Å². The highest BCUT2D eigenvalue weighted by molar-refractivity contribution is 5.74. The average molecular weight is 1100 g/mol. The molecule has 6 fully saturated rings. The summed E-state index contributed by atoms with van der Waals surface area (Å²) in [4.78, 5) is 37.4. The molecule has 75 heavy (non-hydrogen) atoms. The Kier molecular flexibility index (Phi) is 21.8. The van der Waals surface area contributed by atoms with Crippen molar-refractivity contribution < 1.29 is 148 Å². The Morgan fingerprint density at radius 3 is 1.35 bits per heavy atom. The second kappa shape index (κ2) is 26.5. The van der Waals surface area contributed by atoms with E-state index in [2.05, 4.69) is 16.0 Å². The van der Waals surface area contributed by atoms with Gasteiger partial charge in [-0.1, -0.05) is 0 Å². The van der Waals surface area contributed by atoms with Crippen LogP contribution in [0.25, 0.3) is 0 Å². The van der Waals surface area contributed by atoms with Gasteiger partial charge in [0.25, 0.3) is 0 Å². The van der Waals surface area contributed by atoms with Crippen LogP contribution in [0.2, 0.25) is 0 Å². The van der Waals surface area contributed by atoms with Gasteiger partial charge in [-0.3, -0.25) is 14.4 Å². The van der Waals surface area contributed by atoms with Gasteiger partial charge in [-0.15, -0.1) is 0 Å². The summed E-state index contributed by atoms with van der Waals surface area (Å²) in [6.45, 7) is -0.282. The van der Waals surface area contributed by atoms with Crippen LogP contribution in [0, 0.1) is 0 Å². The molecule has 6 aliphatic rings. The lowest BCUT2D eigenvalue weighted by Gasteiger charge is -2.51. The maximum absolute atomic E-state index is 13.0. The van der Waals surface area contributed by atoms with Crippen LogP contribution in [-0.2, 0) is 66.5 Å². The first-order valence-corrected chi connectivity index (χ1v) is 23.9. The zero-order valence-electron chi connectivity index (χ0n) is 40.7. The number of carbonyl (C=O) groups is 3. The average Bonchev–Trinajstić information content (AvgIpc) is 3.36. The summed E-state index contributed by atoms with van der Waals surface area (Å²) >= 11 is 0. The Labute approximate surface area is 426 Å². The lowest BCUT2D eigenvalue weighted by Crippen LogP contribution is -2.71. The molecule has 6 heterocycles. The van der Waals surface area contributed by atoms with E-state index in [4.69, 9.17) is 52.1 Å². The van der Waals surface area contributed by atoms with Crippen LogP contribution in [0.3, 0.4) is 0 Å². The topological polar surface area (TPSA) is 513 Å². The minimum atomic E-state index is -2.20. The SMILES string of the molecule is CC(=O)N[C@H]1[C@H](O[C@H]2[C@@H](O)[C@@H](CO)O[C@@H](O[C@H]3[C@H](O[C@@H]4O[C@@H](C)[C@@H](O)[C@@H](O)[C@@H]4O)[C@@H](NC(C)=O)[C@H](OC[C@H]4OC(O)[C@H](NC(C)=O)[C@@H](O[C@@H]5O[C@H](CO)[C@H](O)[C@H](O)[C@H]5O)[C@H]4O)O[C@@H]3CO)[C@@H]2O)O[C@H](CO)[C@H](O)[C@@H]1O. The van der Waals surface area contributed by atoms with Crippen molar-refractivity contribution in [3.8, 4) is 0 Å². The normalized spacial score (nSPS) is 48.6. The minimum Gasteiger partial charge on any atom is -0.394 e. The Morgan fingerprint density at radius 2 is 0.787 bits per heavy atom. The van der Waals surface area contributed by atoms with Gasteiger partial charge in [-0.2, -0.15) is 0 Å². The molecule has 0 aromatic heterocycles. The summed E-state index contributed by atoms with van der Waals surface area (Å²) in [5, 5.41) is 179. The Morgan fingerprint density at radius 1 is 0.373 bits per heavy atom. The van der Waals surface area contributed by atoms with E-state index in [1.807, 2.05) is 0 Å². The highest BCUT2D eigenvalue weighted by Gasteiger charge is 2.58. The van der Waals surface area contributed by atoms with Crippen molar-refractivity contribution in [1.82, 2.24) is 16.0 Å². The summed E-state index contributed by atoms with van der Waals surface area (Å²) < 4.78 is 64.3. The highest BCUT2D eigenvalue weighted by atomic mass is 16.8. The van der Waals surface area contributed by atoms with Crippen LogP contribution in [0.4, 0.5) is 0 Å². The molecule has 434 valence electrons. The molecule has 33 nitrogen and oxygen atoms in total. The predicted molar refractivity (Wildman–Crippen MR) is 233 cm³/mol. The number of hydrogen-bond acceptors (Lipinski definition) is 30. The molecule has 3 amide bonds. The van der Waals surface area contributed by atoms with Crippen LogP contribution >= 0.6 is 0 Å². The standard InChI is InChI=1S/C42H71N3O30/c1-10-22(53)28(59)30(61)40(66-10)74-35-21(45-13(4)52)38(65-9-18-26(57)34(20(37(64)67-18)44-12(3)51)73-41-31(62)29(60)24(55)15(6-47)69-41)71-17(8-49)33(35)72-42-32(63)36(25(56)16(7-48)70-42)75-39-19(43-11(2)50)27(58)23(54)14(5-46)68-39/h10,14-42,46-49,53-64H,5-9H2,1-4H3,(H,43,50)(H,44,51)(H,45,52)/t10-,14+,15+,16+,17+,18+,19+,20+,21+,22+,23-,24-,25-,26-,27+,28+,29-,30-,31+,32+,33+,34+,35+,36-,37?,38+,39-,40-,41-,42-/m0/s1. The van der Waals surface area contributed by atoms with Crippen molar-refractivity contribution in [2.24, 2.45) is 0 Å². The lowest BCUT2D eigenvalue weighted by molar-refractivity contribution is -0.385. The third kappa shape index (κ3) is 13.7. The number of rotatable bonds is 18. The molecule has 0 spiro atoms. The van der Waals surface area contributed by atoms with E-state index in [0.29, 0.717) is 0 Å². The maximum atomic E-state index is 13.0. The number of hydrogen-bond donors (Lipinski definition) is 19. The van der Waals surface area contributed by atoms with Gasteiger partial charge in [0.15, 0.2) is 37.7 Å². The van der Waals surface area contributed by atoms with Gasteiger partial charge in [0.1, 0.15) is 140 Å². The molecule has 6 rings (SSSR count). The Hall–Kier alpha value is -2.67. The van der Waals surface area contributed by atoms with Crippen LogP contribution in [0.5, 0.6) is 0 Å². The molecule has 0 saturated carbocycles. The molecule has 1 unspecified atom stereocenters. The largest absolute Gasteiger partial charge is 0.394 e. The molecule has 0 aliphatic carbocycles. The molecule has 19 N–H and O–H groups in total. The van der Waals surface area contributed by atoms with E-state index >= 15 is 0 Å². The van der Waals surface area contributed by atoms with Crippen molar-refractivity contribution in [2.45, 2.75) is 212 Å². The van der Waals surface area contributed by atoms with E-state index in [0.717, 1.165) is 20.8 Å². The summed E-state index contributed by atoms with van der Waals surface area (Å²) in [5.74, 6) is -2.38. The van der Waals surface area contributed by atoms with Gasteiger partial charge in [0.2, 0.25) is 17.7 Å². The van der Waals surface area contributed by atoms with Gasteiger partial charge in [0.05, 0.1) is 39.1 Å². The van der Waals surface area contributed by atoms with Crippen LogP contribution < -0.4 is 16.0 Å². The molecule has 0 bridgehead atoms. The van der Waals surface area contributed by atoms with Gasteiger partial charge < -0.3 is 150 Å². The quantitative estimate of drug-likeness (QED) is 0.0606. The summed E-state index contributed by atoms with van der Waals surface area (Å²) in [6.07, 6.45) is -49.9. The molecule has 0 aromatic carbocycles. The van der Waals surface area contributed by atoms with E-state index < -0.39 is 235 Å². The summed E-state index contributed by atoms with van der Waals surface area (Å²) in [6, 6.07) is -4.98. The molecular formula is C42H71N3O30. The van der Waals surface area contributed by atoms with Crippen molar-refractivity contribution in [1.29, 1.82) is 0 Å². The Balaban J connectivity index is 1.31. The monoisotopic (exact) mass is 1100 g/mol. The van der Waals surface area contributed by atoms with Crippen LogP contribution in [-0.4, -0.2) is 317 Å².